The number of thiazole rings is 3. The second kappa shape index (κ2) is 23.1. The van der Waals surface area contributed by atoms with E-state index in [-0.39, 0.29) is 46.6 Å². The van der Waals surface area contributed by atoms with Crippen molar-refractivity contribution in [1.29, 1.82) is 0 Å². The second-order valence-electron chi connectivity index (χ2n) is 10.9. The summed E-state index contributed by atoms with van der Waals surface area (Å²) >= 11 is 6.75. The van der Waals surface area contributed by atoms with E-state index in [9.17, 15) is 14.4 Å². The van der Waals surface area contributed by atoms with Gasteiger partial charge in [0, 0.05) is 16.2 Å². The van der Waals surface area contributed by atoms with Crippen LogP contribution in [-0.4, -0.2) is 91.9 Å². The van der Waals surface area contributed by atoms with E-state index < -0.39 is 5.97 Å². The molecule has 3 aromatic carbocycles. The molecule has 0 aliphatic heterocycles. The van der Waals surface area contributed by atoms with E-state index in [1.54, 1.807) is 46.6 Å². The van der Waals surface area contributed by atoms with Crippen LogP contribution in [0, 0.1) is 0 Å². The van der Waals surface area contributed by atoms with Crippen LogP contribution in [0.1, 0.15) is 42.9 Å². The summed E-state index contributed by atoms with van der Waals surface area (Å²) in [4.78, 5) is 47.3. The summed E-state index contributed by atoms with van der Waals surface area (Å²) in [5.74, 6) is -0.781. The van der Waals surface area contributed by atoms with Gasteiger partial charge in [0.2, 0.25) is 0 Å². The van der Waals surface area contributed by atoms with Gasteiger partial charge in [-0.15, -0.1) is 34.0 Å². The molecule has 0 aliphatic carbocycles. The summed E-state index contributed by atoms with van der Waals surface area (Å²) in [6.07, 6.45) is 5.26. The maximum absolute atomic E-state index is 11.9. The topological polar surface area (TPSA) is 254 Å². The zero-order chi connectivity index (χ0) is 39.4. The Bertz CT molecular complexity index is 2700. The third-order valence-electron chi connectivity index (χ3n) is 7.44. The zero-order valence-electron chi connectivity index (χ0n) is 31.4. The number of nitrogens with one attached hydrogen (secondary N) is 1. The van der Waals surface area contributed by atoms with E-state index in [0.717, 1.165) is 44.0 Å². The van der Waals surface area contributed by atoms with Crippen molar-refractivity contribution in [3.63, 3.8) is 0 Å². The van der Waals surface area contributed by atoms with Crippen molar-refractivity contribution in [1.82, 2.24) is 44.7 Å². The Morgan fingerprint density at radius 3 is 1.64 bits per heavy atom. The molecular weight excluding hydrogens is 882 g/mol. The Morgan fingerprint density at radius 2 is 1.14 bits per heavy atom. The molecule has 0 radical (unpaired) electrons. The van der Waals surface area contributed by atoms with Crippen LogP contribution in [0.25, 0.3) is 44.3 Å². The van der Waals surface area contributed by atoms with Crippen LogP contribution in [0.15, 0.2) is 113 Å². The molecule has 5 N–H and O–H groups in total. The summed E-state index contributed by atoms with van der Waals surface area (Å²) < 4.78 is 13.6. The quantitative estimate of drug-likeness (QED) is 0.165. The van der Waals surface area contributed by atoms with Crippen LogP contribution in [0.2, 0.25) is 0 Å². The minimum atomic E-state index is -0.984. The number of fused-ring (bicyclic) bond motifs is 3. The first-order valence-electron chi connectivity index (χ1n) is 16.6. The molecule has 17 nitrogen and oxygen atoms in total. The first kappa shape index (κ1) is 47.7. The number of aromatic nitrogens is 9. The summed E-state index contributed by atoms with van der Waals surface area (Å²) in [6.45, 7) is 4.29. The molecule has 0 atom stereocenters. The van der Waals surface area contributed by atoms with Crippen molar-refractivity contribution in [2.24, 2.45) is 0 Å². The number of hydrogen-bond acceptors (Lipinski definition) is 15. The molecule has 0 saturated heterocycles. The number of carboxylic acids is 1. The van der Waals surface area contributed by atoms with Crippen molar-refractivity contribution in [3.05, 3.63) is 127 Å². The van der Waals surface area contributed by atoms with Gasteiger partial charge in [-0.2, -0.15) is 15.3 Å². The third kappa shape index (κ3) is 11.5. The van der Waals surface area contributed by atoms with Crippen LogP contribution >= 0.6 is 49.9 Å². The molecule has 0 fully saturated rings. The molecule has 6 heterocycles. The number of rotatable bonds is 7. The predicted molar refractivity (Wildman–Crippen MR) is 224 cm³/mol. The molecule has 6 aromatic heterocycles. The van der Waals surface area contributed by atoms with Crippen LogP contribution in [-0.2, 0) is 9.47 Å². The Hall–Kier alpha value is -5.63. The maximum Gasteiger partial charge on any atom is 1.00 e. The molecule has 9 aromatic rings. The smallest absolute Gasteiger partial charge is 0.870 e. The first-order valence-corrected chi connectivity index (χ1v) is 20.0. The van der Waals surface area contributed by atoms with Crippen LogP contribution in [0.3, 0.4) is 0 Å². The van der Waals surface area contributed by atoms with E-state index >= 15 is 0 Å². The van der Waals surface area contributed by atoms with Crippen molar-refractivity contribution < 1.29 is 58.8 Å². The van der Waals surface area contributed by atoms with Gasteiger partial charge in [0.15, 0.2) is 21.4 Å². The van der Waals surface area contributed by atoms with Gasteiger partial charge < -0.3 is 25.5 Å². The fourth-order valence-corrected chi connectivity index (χ4v) is 7.50. The minimum Gasteiger partial charge on any atom is -0.870 e. The van der Waals surface area contributed by atoms with E-state index in [1.807, 2.05) is 79.0 Å². The standard InChI is InChI=1S/C13H11N3O2S.C11H7N3O2S.C7H6N2.C6H6BrNO2S.Li.2H2O/c1-2-18-13(17)11-12(14-8-19-11)16-10-6-4-3-5-9(10)7-15-16;15-11(16)9-10(12-6-17-9)14-8-4-2-1-3-7(8)5-13-14;1-2-4-7-6(3-1)5-8-9-7;1-2-10-6(9)4-5(7)8-3-11-4;;;/h3-8H,2H2,1H3;1-6H,(H,15,16);1-5H,(H,8,9);3H,2H2,1H3;;2*1H2/q;;;;+1;;/p-1. The molecule has 59 heavy (non-hydrogen) atoms. The number of hydrogen-bond donors (Lipinski definition) is 2. The van der Waals surface area contributed by atoms with Gasteiger partial charge in [0.25, 0.3) is 0 Å². The fraction of sp³-hybridized carbons (Fsp3) is 0.108. The minimum absolute atomic E-state index is 0. The molecule has 300 valence electrons. The SMILES string of the molecule is CCOC(=O)c1scnc1-n1ncc2ccccc21.CCOC(=O)c1scnc1Br.O.O=C(O)c1scnc1-n1ncc2ccccc21.[Li+].[OH-].c1ccc2[nH]ncc2c1. The van der Waals surface area contributed by atoms with Gasteiger partial charge in [-0.25, -0.2) is 38.7 Å². The summed E-state index contributed by atoms with van der Waals surface area (Å²) in [5.41, 5.74) is 7.58. The summed E-state index contributed by atoms with van der Waals surface area (Å²) in [6, 6.07) is 23.4. The van der Waals surface area contributed by atoms with Crippen molar-refractivity contribution in [2.75, 3.05) is 13.2 Å². The normalized spacial score (nSPS) is 9.95. The Labute approximate surface area is 367 Å². The van der Waals surface area contributed by atoms with E-state index in [0.29, 0.717) is 39.2 Å². The molecule has 0 spiro atoms. The number of esters is 2. The average molecular weight is 915 g/mol. The van der Waals surface area contributed by atoms with Gasteiger partial charge in [0.1, 0.15) is 9.48 Å². The molecule has 0 aliphatic rings. The molecule has 0 bridgehead atoms. The predicted octanol–water partition coefficient (Wildman–Crippen LogP) is 4.49. The number of H-pyrrole nitrogens is 1. The monoisotopic (exact) mass is 913 g/mol. The number of aromatic amines is 1. The number of carbonyl (C=O) groups is 3. The molecule has 0 amide bonds. The number of para-hydroxylation sites is 3. The molecular formula is C37H33BrLiN9O8S3. The van der Waals surface area contributed by atoms with E-state index in [4.69, 9.17) is 14.6 Å². The number of halogens is 1. The number of benzene rings is 3. The van der Waals surface area contributed by atoms with Gasteiger partial charge >= 0.3 is 36.8 Å². The van der Waals surface area contributed by atoms with Crippen LogP contribution in [0.5, 0.6) is 0 Å². The molecule has 9 rings (SSSR count). The Balaban J connectivity index is 0.000000214. The van der Waals surface area contributed by atoms with Gasteiger partial charge in [-0.05, 0) is 48.0 Å². The van der Waals surface area contributed by atoms with Gasteiger partial charge in [-0.1, -0.05) is 54.6 Å². The third-order valence-corrected chi connectivity index (χ3v) is 10.7. The van der Waals surface area contributed by atoms with Gasteiger partial charge in [-0.3, -0.25) is 5.10 Å². The van der Waals surface area contributed by atoms with Crippen molar-refractivity contribution >= 4 is 101 Å². The van der Waals surface area contributed by atoms with Gasteiger partial charge in [0.05, 0.1) is 64.9 Å². The van der Waals surface area contributed by atoms with E-state index in [2.05, 4.69) is 51.3 Å². The van der Waals surface area contributed by atoms with E-state index in [1.165, 1.54) is 28.2 Å². The average Bonchev–Trinajstić information content (AvgIpc) is 4.06. The number of carboxylic acid groups (broad SMARTS) is 1. The zero-order valence-corrected chi connectivity index (χ0v) is 35.5. The molecule has 22 heteroatoms. The number of aromatic carboxylic acids is 1. The fourth-order valence-electron chi connectivity index (χ4n) is 4.99. The number of nitrogens with zero attached hydrogens (tertiary/aromatic N) is 8. The Kier molecular flexibility index (Phi) is 18.7. The van der Waals surface area contributed by atoms with Crippen LogP contribution < -0.4 is 18.9 Å². The second-order valence-corrected chi connectivity index (χ2v) is 14.2. The molecule has 0 unspecified atom stereocenters. The largest absolute Gasteiger partial charge is 1.00 e. The number of ether oxygens (including phenoxy) is 2. The van der Waals surface area contributed by atoms with Crippen molar-refractivity contribution in [2.45, 2.75) is 13.8 Å². The maximum atomic E-state index is 11.9. The number of carbonyl (C=O) groups excluding carboxylic acids is 2. The van der Waals surface area contributed by atoms with Crippen molar-refractivity contribution in [3.8, 4) is 11.6 Å². The summed E-state index contributed by atoms with van der Waals surface area (Å²) in [5, 5.41) is 27.4. The van der Waals surface area contributed by atoms with Crippen LogP contribution in [0.4, 0.5) is 0 Å². The summed E-state index contributed by atoms with van der Waals surface area (Å²) in [7, 11) is 0. The Morgan fingerprint density at radius 1 is 0.678 bits per heavy atom. The molecule has 0 saturated carbocycles. The first-order chi connectivity index (χ1) is 27.3.